The molecule has 112 valence electrons. The lowest BCUT2D eigenvalue weighted by Crippen LogP contribution is -2.35. The summed E-state index contributed by atoms with van der Waals surface area (Å²) < 4.78 is 28.5. The quantitative estimate of drug-likeness (QED) is 0.906. The Kier molecular flexibility index (Phi) is 4.33. The highest BCUT2D eigenvalue weighted by molar-refractivity contribution is 5.52. The lowest BCUT2D eigenvalue weighted by Gasteiger charge is -2.25. The lowest BCUT2D eigenvalue weighted by atomic mass is 10.1. The minimum Gasteiger partial charge on any atom is -0.364 e. The van der Waals surface area contributed by atoms with Crippen LogP contribution in [0.2, 0.25) is 0 Å². The normalized spacial score (nSPS) is 19.7. The van der Waals surface area contributed by atoms with Gasteiger partial charge in [0, 0.05) is 24.7 Å². The fourth-order valence-electron chi connectivity index (χ4n) is 2.63. The molecule has 0 radical (unpaired) electrons. The van der Waals surface area contributed by atoms with Gasteiger partial charge in [-0.05, 0) is 58.2 Å². The molecule has 20 heavy (non-hydrogen) atoms. The summed E-state index contributed by atoms with van der Waals surface area (Å²) in [6.07, 6.45) is 1.99. The van der Waals surface area contributed by atoms with Crippen LogP contribution in [0, 0.1) is 11.6 Å². The Morgan fingerprint density at radius 3 is 2.30 bits per heavy atom. The van der Waals surface area contributed by atoms with Crippen molar-refractivity contribution in [1.82, 2.24) is 5.32 Å². The molecule has 1 aromatic rings. The van der Waals surface area contributed by atoms with E-state index in [1.165, 1.54) is 12.1 Å². The van der Waals surface area contributed by atoms with E-state index in [2.05, 4.69) is 5.32 Å². The van der Waals surface area contributed by atoms with Crippen molar-refractivity contribution < 1.29 is 8.78 Å². The molecule has 2 nitrogen and oxygen atoms in total. The monoisotopic (exact) mass is 282 g/mol. The molecule has 1 atom stereocenters. The highest BCUT2D eigenvalue weighted by Gasteiger charge is 2.26. The average molecular weight is 282 g/mol. The van der Waals surface area contributed by atoms with Gasteiger partial charge in [-0.3, -0.25) is 0 Å². The Labute approximate surface area is 120 Å². The zero-order chi connectivity index (χ0) is 14.9. The van der Waals surface area contributed by atoms with Crippen LogP contribution < -0.4 is 10.2 Å². The van der Waals surface area contributed by atoms with Crippen LogP contribution in [-0.4, -0.2) is 18.1 Å². The third-order valence-electron chi connectivity index (χ3n) is 3.74. The fraction of sp³-hybridized carbons (Fsp3) is 0.625. The number of nitrogens with zero attached hydrogens (tertiary/aromatic N) is 1. The van der Waals surface area contributed by atoms with Gasteiger partial charge in [-0.2, -0.15) is 0 Å². The number of benzene rings is 1. The first-order valence-electron chi connectivity index (χ1n) is 7.27. The van der Waals surface area contributed by atoms with E-state index in [0.717, 1.165) is 19.4 Å². The molecular weight excluding hydrogens is 258 g/mol. The maximum absolute atomic E-state index is 14.2. The van der Waals surface area contributed by atoms with Gasteiger partial charge in [0.15, 0.2) is 0 Å². The van der Waals surface area contributed by atoms with Crippen LogP contribution >= 0.6 is 0 Å². The topological polar surface area (TPSA) is 15.3 Å². The van der Waals surface area contributed by atoms with Gasteiger partial charge in [0.1, 0.15) is 17.3 Å². The lowest BCUT2D eigenvalue weighted by molar-refractivity contribution is 0.422. The van der Waals surface area contributed by atoms with E-state index in [1.54, 1.807) is 0 Å². The predicted molar refractivity (Wildman–Crippen MR) is 79.0 cm³/mol. The fourth-order valence-corrected chi connectivity index (χ4v) is 2.63. The summed E-state index contributed by atoms with van der Waals surface area (Å²) in [5.41, 5.74) is 0.703. The molecule has 0 saturated carbocycles. The highest BCUT2D eigenvalue weighted by Crippen LogP contribution is 2.31. The highest BCUT2D eigenvalue weighted by atomic mass is 19.1. The van der Waals surface area contributed by atoms with E-state index in [0.29, 0.717) is 12.1 Å². The summed E-state index contributed by atoms with van der Waals surface area (Å²) in [5.74, 6) is -0.908. The molecule has 1 unspecified atom stereocenters. The van der Waals surface area contributed by atoms with E-state index in [-0.39, 0.29) is 17.3 Å². The Balaban J connectivity index is 2.20. The Bertz CT molecular complexity index is 457. The van der Waals surface area contributed by atoms with E-state index in [1.807, 2.05) is 32.6 Å². The third-order valence-corrected chi connectivity index (χ3v) is 3.74. The summed E-state index contributed by atoms with van der Waals surface area (Å²) in [4.78, 5) is 1.84. The first-order valence-corrected chi connectivity index (χ1v) is 7.27. The minimum absolute atomic E-state index is 0.0743. The van der Waals surface area contributed by atoms with E-state index in [4.69, 9.17) is 0 Å². The molecule has 2 rings (SSSR count). The largest absolute Gasteiger partial charge is 0.364 e. The van der Waals surface area contributed by atoms with E-state index >= 15 is 0 Å². The molecule has 1 saturated heterocycles. The van der Waals surface area contributed by atoms with E-state index < -0.39 is 11.6 Å². The van der Waals surface area contributed by atoms with Crippen LogP contribution in [0.25, 0.3) is 0 Å². The molecule has 0 spiro atoms. The van der Waals surface area contributed by atoms with Gasteiger partial charge < -0.3 is 10.2 Å². The molecule has 1 aliphatic rings. The second-order valence-corrected chi connectivity index (χ2v) is 6.70. The smallest absolute Gasteiger partial charge is 0.149 e. The third kappa shape index (κ3) is 3.48. The zero-order valence-electron chi connectivity index (χ0n) is 12.8. The Hall–Kier alpha value is -1.16. The molecule has 0 aliphatic carbocycles. The standard InChI is InChI=1S/C16H24F2N2/c1-11-6-5-7-20(11)15-13(17)8-12(9-14(15)18)10-19-16(2,3)4/h8-9,11,19H,5-7,10H2,1-4H3. The van der Waals surface area contributed by atoms with Crippen molar-refractivity contribution in [2.24, 2.45) is 0 Å². The second-order valence-electron chi connectivity index (χ2n) is 6.70. The molecule has 1 fully saturated rings. The van der Waals surface area contributed by atoms with Gasteiger partial charge in [-0.1, -0.05) is 0 Å². The number of halogens is 2. The first-order chi connectivity index (χ1) is 9.28. The van der Waals surface area contributed by atoms with Crippen LogP contribution in [0.4, 0.5) is 14.5 Å². The predicted octanol–water partition coefficient (Wildman–Crippen LogP) is 3.84. The number of anilines is 1. The van der Waals surface area contributed by atoms with Crippen LogP contribution in [0.3, 0.4) is 0 Å². The molecule has 1 N–H and O–H groups in total. The Morgan fingerprint density at radius 1 is 1.25 bits per heavy atom. The van der Waals surface area contributed by atoms with Crippen molar-refractivity contribution in [3.8, 4) is 0 Å². The molecule has 0 bridgehead atoms. The molecular formula is C16H24F2N2. The summed E-state index contributed by atoms with van der Waals surface area (Å²) >= 11 is 0. The van der Waals surface area contributed by atoms with Gasteiger partial charge in [-0.15, -0.1) is 0 Å². The van der Waals surface area contributed by atoms with Gasteiger partial charge in [0.2, 0.25) is 0 Å². The summed E-state index contributed by atoms with van der Waals surface area (Å²) in [6, 6.07) is 3.10. The van der Waals surface area contributed by atoms with Gasteiger partial charge in [0.25, 0.3) is 0 Å². The minimum atomic E-state index is -0.454. The summed E-state index contributed by atoms with van der Waals surface area (Å²) in [7, 11) is 0. The number of hydrogen-bond donors (Lipinski definition) is 1. The van der Waals surface area contributed by atoms with Gasteiger partial charge in [-0.25, -0.2) is 8.78 Å². The SMILES string of the molecule is CC1CCCN1c1c(F)cc(CNC(C)(C)C)cc1F. The second kappa shape index (κ2) is 5.68. The molecule has 1 heterocycles. The Morgan fingerprint density at radius 2 is 1.85 bits per heavy atom. The van der Waals surface area contributed by atoms with Crippen molar-refractivity contribution in [2.75, 3.05) is 11.4 Å². The maximum atomic E-state index is 14.2. The van der Waals surface area contributed by atoms with Crippen molar-refractivity contribution >= 4 is 5.69 Å². The number of nitrogens with one attached hydrogen (secondary N) is 1. The van der Waals surface area contributed by atoms with Crippen molar-refractivity contribution in [3.05, 3.63) is 29.3 Å². The first kappa shape index (κ1) is 15.2. The number of rotatable bonds is 3. The van der Waals surface area contributed by atoms with E-state index in [9.17, 15) is 8.78 Å². The zero-order valence-corrected chi connectivity index (χ0v) is 12.8. The molecule has 1 aliphatic heterocycles. The van der Waals surface area contributed by atoms with Crippen LogP contribution in [0.1, 0.15) is 46.1 Å². The molecule has 4 heteroatoms. The van der Waals surface area contributed by atoms with Gasteiger partial charge >= 0.3 is 0 Å². The molecule has 0 amide bonds. The van der Waals surface area contributed by atoms with Crippen molar-refractivity contribution in [1.29, 1.82) is 0 Å². The van der Waals surface area contributed by atoms with Crippen molar-refractivity contribution in [3.63, 3.8) is 0 Å². The molecule has 0 aromatic heterocycles. The number of hydrogen-bond acceptors (Lipinski definition) is 2. The van der Waals surface area contributed by atoms with Crippen LogP contribution in [-0.2, 0) is 6.54 Å². The van der Waals surface area contributed by atoms with Crippen LogP contribution in [0.5, 0.6) is 0 Å². The summed E-state index contributed by atoms with van der Waals surface area (Å²) in [6.45, 7) is 9.29. The van der Waals surface area contributed by atoms with Crippen molar-refractivity contribution in [2.45, 2.75) is 58.7 Å². The average Bonchev–Trinajstić information content (AvgIpc) is 2.71. The maximum Gasteiger partial charge on any atom is 0.149 e. The van der Waals surface area contributed by atoms with Crippen LogP contribution in [0.15, 0.2) is 12.1 Å². The van der Waals surface area contributed by atoms with Gasteiger partial charge in [0.05, 0.1) is 0 Å². The summed E-state index contributed by atoms with van der Waals surface area (Å²) in [5, 5.41) is 3.24. The molecule has 1 aromatic carbocycles.